The van der Waals surface area contributed by atoms with Crippen LogP contribution in [-0.4, -0.2) is 33.9 Å². The monoisotopic (exact) mass is 209 g/mol. The summed E-state index contributed by atoms with van der Waals surface area (Å²) in [7, 11) is 1.83. The Morgan fingerprint density at radius 3 is 2.87 bits per heavy atom. The summed E-state index contributed by atoms with van der Waals surface area (Å²) < 4.78 is 1.70. The maximum Gasteiger partial charge on any atom is 0.227 e. The number of amides is 1. The van der Waals surface area contributed by atoms with Crippen molar-refractivity contribution in [1.29, 1.82) is 0 Å². The first-order chi connectivity index (χ1) is 7.11. The van der Waals surface area contributed by atoms with E-state index >= 15 is 0 Å². The Labute approximate surface area is 88.3 Å². The Morgan fingerprint density at radius 1 is 1.67 bits per heavy atom. The SMILES string of the molecule is Cc1nn(C)cc1N1CC(CO)CC1=O. The van der Waals surface area contributed by atoms with E-state index in [1.807, 2.05) is 20.2 Å². The van der Waals surface area contributed by atoms with Crippen molar-refractivity contribution in [1.82, 2.24) is 9.78 Å². The van der Waals surface area contributed by atoms with Crippen molar-refractivity contribution < 1.29 is 9.90 Å². The van der Waals surface area contributed by atoms with Gasteiger partial charge >= 0.3 is 0 Å². The number of carbonyl (C=O) groups excluding carboxylic acids is 1. The van der Waals surface area contributed by atoms with E-state index in [2.05, 4.69) is 5.10 Å². The largest absolute Gasteiger partial charge is 0.396 e. The Morgan fingerprint density at radius 2 is 2.40 bits per heavy atom. The number of hydrogen-bond acceptors (Lipinski definition) is 3. The molecule has 2 rings (SSSR count). The number of carbonyl (C=O) groups is 1. The van der Waals surface area contributed by atoms with Gasteiger partial charge in [-0.2, -0.15) is 5.10 Å². The van der Waals surface area contributed by atoms with Crippen LogP contribution in [0, 0.1) is 12.8 Å². The molecule has 0 aliphatic carbocycles. The fourth-order valence-corrected chi connectivity index (χ4v) is 1.99. The molecule has 1 aliphatic heterocycles. The van der Waals surface area contributed by atoms with Crippen molar-refractivity contribution in [2.24, 2.45) is 13.0 Å². The zero-order valence-corrected chi connectivity index (χ0v) is 8.97. The summed E-state index contributed by atoms with van der Waals surface area (Å²) in [5, 5.41) is 13.2. The fourth-order valence-electron chi connectivity index (χ4n) is 1.99. The molecule has 0 radical (unpaired) electrons. The minimum absolute atomic E-state index is 0.0668. The van der Waals surface area contributed by atoms with Crippen LogP contribution in [0.25, 0.3) is 0 Å². The molecule has 0 bridgehead atoms. The van der Waals surface area contributed by atoms with Crippen molar-refractivity contribution in [3.8, 4) is 0 Å². The van der Waals surface area contributed by atoms with Crippen LogP contribution in [0.2, 0.25) is 0 Å². The highest BCUT2D eigenvalue weighted by Crippen LogP contribution is 2.26. The van der Waals surface area contributed by atoms with E-state index in [4.69, 9.17) is 5.11 Å². The second-order valence-corrected chi connectivity index (χ2v) is 4.03. The molecule has 1 unspecified atom stereocenters. The van der Waals surface area contributed by atoms with Gasteiger partial charge in [0.05, 0.1) is 11.4 Å². The van der Waals surface area contributed by atoms with Gasteiger partial charge in [0, 0.05) is 38.7 Å². The van der Waals surface area contributed by atoms with Gasteiger partial charge in [-0.25, -0.2) is 0 Å². The first kappa shape index (κ1) is 10.2. The lowest BCUT2D eigenvalue weighted by molar-refractivity contribution is -0.117. The Bertz CT molecular complexity index is 386. The molecule has 0 aromatic carbocycles. The van der Waals surface area contributed by atoms with E-state index in [1.165, 1.54) is 0 Å². The highest BCUT2D eigenvalue weighted by atomic mass is 16.3. The molecule has 0 saturated carbocycles. The van der Waals surface area contributed by atoms with Gasteiger partial charge in [0.15, 0.2) is 0 Å². The average Bonchev–Trinajstić information content (AvgIpc) is 2.69. The van der Waals surface area contributed by atoms with Gasteiger partial charge < -0.3 is 10.0 Å². The molecule has 1 saturated heterocycles. The lowest BCUT2D eigenvalue weighted by Crippen LogP contribution is -2.25. The van der Waals surface area contributed by atoms with Crippen LogP contribution < -0.4 is 4.90 Å². The van der Waals surface area contributed by atoms with E-state index in [0.717, 1.165) is 11.4 Å². The summed E-state index contributed by atoms with van der Waals surface area (Å²) >= 11 is 0. The quantitative estimate of drug-likeness (QED) is 0.750. The van der Waals surface area contributed by atoms with Crippen molar-refractivity contribution in [3.63, 3.8) is 0 Å². The molecule has 0 spiro atoms. The summed E-state index contributed by atoms with van der Waals surface area (Å²) in [6.07, 6.45) is 2.28. The molecule has 82 valence electrons. The van der Waals surface area contributed by atoms with Gasteiger partial charge in [0.2, 0.25) is 5.91 Å². The lowest BCUT2D eigenvalue weighted by Gasteiger charge is -2.14. The molecule has 1 aromatic rings. The van der Waals surface area contributed by atoms with Crippen molar-refractivity contribution in [2.75, 3.05) is 18.1 Å². The molecule has 1 aliphatic rings. The van der Waals surface area contributed by atoms with Crippen molar-refractivity contribution in [2.45, 2.75) is 13.3 Å². The van der Waals surface area contributed by atoms with Gasteiger partial charge in [0.1, 0.15) is 0 Å². The first-order valence-electron chi connectivity index (χ1n) is 5.03. The molecule has 1 N–H and O–H groups in total. The van der Waals surface area contributed by atoms with Crippen molar-refractivity contribution in [3.05, 3.63) is 11.9 Å². The maximum absolute atomic E-state index is 11.7. The number of aliphatic hydroxyl groups excluding tert-OH is 1. The van der Waals surface area contributed by atoms with Crippen LogP contribution in [-0.2, 0) is 11.8 Å². The second-order valence-electron chi connectivity index (χ2n) is 4.03. The molecule has 2 heterocycles. The van der Waals surface area contributed by atoms with E-state index < -0.39 is 0 Å². The predicted molar refractivity (Wildman–Crippen MR) is 55.5 cm³/mol. The highest BCUT2D eigenvalue weighted by molar-refractivity contribution is 5.96. The molecule has 5 heteroatoms. The van der Waals surface area contributed by atoms with Crippen LogP contribution in [0.5, 0.6) is 0 Å². The molecular weight excluding hydrogens is 194 g/mol. The summed E-state index contributed by atoms with van der Waals surface area (Å²) in [6.45, 7) is 2.55. The normalized spacial score (nSPS) is 21.4. The highest BCUT2D eigenvalue weighted by Gasteiger charge is 2.31. The minimum atomic E-state index is 0.0668. The third-order valence-electron chi connectivity index (χ3n) is 2.74. The smallest absolute Gasteiger partial charge is 0.227 e. The van der Waals surface area contributed by atoms with E-state index in [-0.39, 0.29) is 18.4 Å². The summed E-state index contributed by atoms with van der Waals surface area (Å²) in [6, 6.07) is 0. The standard InChI is InChI=1S/C10H15N3O2/c1-7-9(5-12(2)11-7)13-4-8(6-14)3-10(13)15/h5,8,14H,3-4,6H2,1-2H3. The number of aromatic nitrogens is 2. The number of nitrogens with zero attached hydrogens (tertiary/aromatic N) is 3. The van der Waals surface area contributed by atoms with Crippen LogP contribution >= 0.6 is 0 Å². The van der Waals surface area contributed by atoms with Crippen molar-refractivity contribution >= 4 is 11.6 Å². The number of aliphatic hydroxyl groups is 1. The molecule has 1 atom stereocenters. The third-order valence-corrected chi connectivity index (χ3v) is 2.74. The van der Waals surface area contributed by atoms with Crippen LogP contribution in [0.4, 0.5) is 5.69 Å². The lowest BCUT2D eigenvalue weighted by atomic mass is 10.1. The molecule has 15 heavy (non-hydrogen) atoms. The second kappa shape index (κ2) is 3.66. The number of rotatable bonds is 2. The predicted octanol–water partition coefficient (Wildman–Crippen LogP) is 0.0737. The Kier molecular flexibility index (Phi) is 2.48. The van der Waals surface area contributed by atoms with Gasteiger partial charge in [-0.1, -0.05) is 0 Å². The summed E-state index contributed by atoms with van der Waals surface area (Å²) in [5.41, 5.74) is 1.71. The maximum atomic E-state index is 11.7. The average molecular weight is 209 g/mol. The zero-order chi connectivity index (χ0) is 11.0. The summed E-state index contributed by atoms with van der Waals surface area (Å²) in [4.78, 5) is 13.4. The van der Waals surface area contributed by atoms with Gasteiger partial charge in [-0.15, -0.1) is 0 Å². The third kappa shape index (κ3) is 1.74. The minimum Gasteiger partial charge on any atom is -0.396 e. The van der Waals surface area contributed by atoms with Gasteiger partial charge in [-0.3, -0.25) is 9.48 Å². The Hall–Kier alpha value is -1.36. The molecule has 5 nitrogen and oxygen atoms in total. The molecule has 1 fully saturated rings. The topological polar surface area (TPSA) is 58.4 Å². The first-order valence-corrected chi connectivity index (χ1v) is 5.03. The number of anilines is 1. The van der Waals surface area contributed by atoms with Gasteiger partial charge in [0.25, 0.3) is 0 Å². The number of aryl methyl sites for hydroxylation is 2. The van der Waals surface area contributed by atoms with E-state index in [0.29, 0.717) is 13.0 Å². The fraction of sp³-hybridized carbons (Fsp3) is 0.600. The Balaban J connectivity index is 2.25. The summed E-state index contributed by atoms with van der Waals surface area (Å²) in [5.74, 6) is 0.141. The van der Waals surface area contributed by atoms with Crippen LogP contribution in [0.15, 0.2) is 6.20 Å². The molecule has 1 amide bonds. The van der Waals surface area contributed by atoms with Gasteiger partial charge in [-0.05, 0) is 6.92 Å². The molecular formula is C10H15N3O2. The van der Waals surface area contributed by atoms with Crippen LogP contribution in [0.1, 0.15) is 12.1 Å². The van der Waals surface area contributed by atoms with E-state index in [9.17, 15) is 4.79 Å². The zero-order valence-electron chi connectivity index (χ0n) is 8.97. The molecule has 1 aromatic heterocycles. The van der Waals surface area contributed by atoms with Crippen LogP contribution in [0.3, 0.4) is 0 Å². The van der Waals surface area contributed by atoms with E-state index in [1.54, 1.807) is 9.58 Å². The number of hydrogen-bond donors (Lipinski definition) is 1.